The fraction of sp³-hybridized carbons (Fsp3) is 0.471. The number of nitrogens with two attached hydrogens (primary N) is 1. The number of benzene rings is 1. The summed E-state index contributed by atoms with van der Waals surface area (Å²) >= 11 is 0. The first-order valence-electron chi connectivity index (χ1n) is 7.76. The maximum Gasteiger partial charge on any atom is 0.150 e. The average molecular weight is 287 g/mol. The Morgan fingerprint density at radius 1 is 1.29 bits per heavy atom. The van der Waals surface area contributed by atoms with Gasteiger partial charge in [0, 0.05) is 23.3 Å². The van der Waals surface area contributed by atoms with Crippen molar-refractivity contribution in [3.8, 4) is 0 Å². The molecule has 1 saturated carbocycles. The minimum absolute atomic E-state index is 0.302. The van der Waals surface area contributed by atoms with E-state index in [1.807, 2.05) is 12.1 Å². The summed E-state index contributed by atoms with van der Waals surface area (Å²) in [5, 5.41) is 4.22. The third-order valence-corrected chi connectivity index (χ3v) is 4.57. The van der Waals surface area contributed by atoms with Crippen molar-refractivity contribution in [2.24, 2.45) is 5.92 Å². The maximum absolute atomic E-state index is 14.4. The number of nitrogens with zero attached hydrogens (tertiary/aromatic N) is 1. The van der Waals surface area contributed by atoms with Crippen LogP contribution >= 0.6 is 0 Å². The van der Waals surface area contributed by atoms with Crippen molar-refractivity contribution in [2.45, 2.75) is 45.1 Å². The van der Waals surface area contributed by atoms with Gasteiger partial charge in [-0.1, -0.05) is 26.2 Å². The van der Waals surface area contributed by atoms with E-state index in [2.05, 4.69) is 17.2 Å². The lowest BCUT2D eigenvalue weighted by molar-refractivity contribution is 0.455. The number of aromatic nitrogens is 1. The summed E-state index contributed by atoms with van der Waals surface area (Å²) in [5.74, 6) is 0.235. The van der Waals surface area contributed by atoms with Gasteiger partial charge in [-0.15, -0.1) is 0 Å². The van der Waals surface area contributed by atoms with Gasteiger partial charge in [-0.3, -0.25) is 4.98 Å². The van der Waals surface area contributed by atoms with Crippen molar-refractivity contribution in [3.05, 3.63) is 30.2 Å². The van der Waals surface area contributed by atoms with Crippen molar-refractivity contribution in [3.63, 3.8) is 0 Å². The van der Waals surface area contributed by atoms with E-state index in [0.29, 0.717) is 28.9 Å². The quantitative estimate of drug-likeness (QED) is 0.638. The molecule has 0 spiro atoms. The minimum Gasteiger partial charge on any atom is -0.398 e. The van der Waals surface area contributed by atoms with Crippen molar-refractivity contribution in [1.82, 2.24) is 4.98 Å². The second kappa shape index (κ2) is 5.88. The number of fused-ring (bicyclic) bond motifs is 1. The fourth-order valence-electron chi connectivity index (χ4n) is 3.27. The van der Waals surface area contributed by atoms with E-state index in [-0.39, 0.29) is 5.82 Å². The van der Waals surface area contributed by atoms with Crippen molar-refractivity contribution in [2.75, 3.05) is 11.1 Å². The topological polar surface area (TPSA) is 50.9 Å². The number of halogens is 1. The monoisotopic (exact) mass is 287 g/mol. The lowest BCUT2D eigenvalue weighted by atomic mass is 9.96. The smallest absolute Gasteiger partial charge is 0.150 e. The Hall–Kier alpha value is -1.84. The molecule has 1 aromatic heterocycles. The van der Waals surface area contributed by atoms with Crippen molar-refractivity contribution in [1.29, 1.82) is 0 Å². The second-order valence-electron chi connectivity index (χ2n) is 6.09. The normalized spacial score (nSPS) is 23.0. The predicted octanol–water partition coefficient (Wildman–Crippen LogP) is 4.34. The van der Waals surface area contributed by atoms with E-state index in [1.54, 1.807) is 6.20 Å². The van der Waals surface area contributed by atoms with E-state index in [4.69, 9.17) is 5.73 Å². The summed E-state index contributed by atoms with van der Waals surface area (Å²) in [5.41, 5.74) is 7.47. The molecule has 3 nitrogen and oxygen atoms in total. The first-order chi connectivity index (χ1) is 10.2. The summed E-state index contributed by atoms with van der Waals surface area (Å²) in [6.45, 7) is 2.24. The lowest BCUT2D eigenvalue weighted by Gasteiger charge is -2.25. The summed E-state index contributed by atoms with van der Waals surface area (Å²) in [6, 6.07) is 5.41. The van der Waals surface area contributed by atoms with E-state index >= 15 is 0 Å². The van der Waals surface area contributed by atoms with Crippen LogP contribution in [0.4, 0.5) is 15.8 Å². The number of pyridine rings is 1. The van der Waals surface area contributed by atoms with Gasteiger partial charge >= 0.3 is 0 Å². The molecule has 2 aromatic rings. The predicted molar refractivity (Wildman–Crippen MR) is 85.8 cm³/mol. The molecule has 1 fully saturated rings. The Labute approximate surface area is 124 Å². The Kier molecular flexibility index (Phi) is 3.95. The molecule has 2 unspecified atom stereocenters. The molecule has 1 heterocycles. The van der Waals surface area contributed by atoms with E-state index in [9.17, 15) is 4.39 Å². The number of hydrogen-bond donors (Lipinski definition) is 2. The number of anilines is 2. The molecule has 1 aliphatic carbocycles. The largest absolute Gasteiger partial charge is 0.398 e. The van der Waals surface area contributed by atoms with Crippen LogP contribution in [-0.2, 0) is 0 Å². The molecule has 0 saturated heterocycles. The summed E-state index contributed by atoms with van der Waals surface area (Å²) < 4.78 is 14.4. The third-order valence-electron chi connectivity index (χ3n) is 4.57. The molecule has 0 aliphatic heterocycles. The first-order valence-corrected chi connectivity index (χ1v) is 7.76. The molecular formula is C17H22FN3. The van der Waals surface area contributed by atoms with Crippen LogP contribution in [0.15, 0.2) is 24.4 Å². The molecule has 0 radical (unpaired) electrons. The SMILES string of the molecule is CC1CCCCCC1Nc1c(F)cc(N)c2cccnc12. The summed E-state index contributed by atoms with van der Waals surface area (Å²) in [4.78, 5) is 4.33. The molecule has 112 valence electrons. The highest BCUT2D eigenvalue weighted by atomic mass is 19.1. The van der Waals surface area contributed by atoms with Gasteiger partial charge in [0.2, 0.25) is 0 Å². The Morgan fingerprint density at radius 3 is 2.95 bits per heavy atom. The van der Waals surface area contributed by atoms with Crippen LogP contribution in [0, 0.1) is 11.7 Å². The van der Waals surface area contributed by atoms with Crippen LogP contribution in [0.5, 0.6) is 0 Å². The lowest BCUT2D eigenvalue weighted by Crippen LogP contribution is -2.27. The summed E-state index contributed by atoms with van der Waals surface area (Å²) in [7, 11) is 0. The Morgan fingerprint density at radius 2 is 2.10 bits per heavy atom. The Bertz CT molecular complexity index is 641. The van der Waals surface area contributed by atoms with Gasteiger partial charge < -0.3 is 11.1 Å². The number of rotatable bonds is 2. The standard InChI is InChI=1S/C17H22FN3/c1-11-6-3-2-4-8-15(11)21-17-13(18)10-14(19)12-7-5-9-20-16(12)17/h5,7,9-11,15,21H,2-4,6,8,19H2,1H3. The third kappa shape index (κ3) is 2.80. The van der Waals surface area contributed by atoms with Gasteiger partial charge in [0.25, 0.3) is 0 Å². The number of hydrogen-bond acceptors (Lipinski definition) is 3. The van der Waals surface area contributed by atoms with Gasteiger partial charge in [0.15, 0.2) is 5.82 Å². The molecule has 3 rings (SSSR count). The van der Waals surface area contributed by atoms with Crippen LogP contribution in [0.3, 0.4) is 0 Å². The van der Waals surface area contributed by atoms with Gasteiger partial charge in [-0.25, -0.2) is 4.39 Å². The zero-order chi connectivity index (χ0) is 14.8. The first kappa shape index (κ1) is 14.1. The van der Waals surface area contributed by atoms with Crippen LogP contribution < -0.4 is 11.1 Å². The molecule has 2 atom stereocenters. The maximum atomic E-state index is 14.4. The zero-order valence-corrected chi connectivity index (χ0v) is 12.4. The van der Waals surface area contributed by atoms with Gasteiger partial charge in [-0.05, 0) is 37.0 Å². The summed E-state index contributed by atoms with van der Waals surface area (Å²) in [6.07, 6.45) is 7.69. The second-order valence-corrected chi connectivity index (χ2v) is 6.09. The van der Waals surface area contributed by atoms with Gasteiger partial charge in [-0.2, -0.15) is 0 Å². The molecular weight excluding hydrogens is 265 g/mol. The molecule has 4 heteroatoms. The molecule has 0 bridgehead atoms. The van der Waals surface area contributed by atoms with E-state index in [1.165, 1.54) is 31.7 Å². The average Bonchev–Trinajstić information content (AvgIpc) is 2.68. The molecule has 1 aliphatic rings. The molecule has 3 N–H and O–H groups in total. The fourth-order valence-corrected chi connectivity index (χ4v) is 3.27. The number of nitrogen functional groups attached to an aromatic ring is 1. The Balaban J connectivity index is 2.00. The highest BCUT2D eigenvalue weighted by Gasteiger charge is 2.22. The van der Waals surface area contributed by atoms with Crippen LogP contribution in [-0.4, -0.2) is 11.0 Å². The molecule has 1 aromatic carbocycles. The molecule has 0 amide bonds. The highest BCUT2D eigenvalue weighted by molar-refractivity contribution is 5.98. The van der Waals surface area contributed by atoms with Crippen LogP contribution in [0.2, 0.25) is 0 Å². The van der Waals surface area contributed by atoms with Crippen LogP contribution in [0.1, 0.15) is 39.0 Å². The highest BCUT2D eigenvalue weighted by Crippen LogP contribution is 2.33. The zero-order valence-electron chi connectivity index (χ0n) is 12.4. The van der Waals surface area contributed by atoms with Crippen molar-refractivity contribution < 1.29 is 4.39 Å². The van der Waals surface area contributed by atoms with Gasteiger partial charge in [0.1, 0.15) is 0 Å². The van der Waals surface area contributed by atoms with E-state index < -0.39 is 0 Å². The van der Waals surface area contributed by atoms with Crippen molar-refractivity contribution >= 4 is 22.3 Å². The number of nitrogens with one attached hydrogen (secondary N) is 1. The van der Waals surface area contributed by atoms with Gasteiger partial charge in [0.05, 0.1) is 11.2 Å². The van der Waals surface area contributed by atoms with Crippen LogP contribution in [0.25, 0.3) is 10.9 Å². The molecule has 21 heavy (non-hydrogen) atoms. The van der Waals surface area contributed by atoms with E-state index in [0.717, 1.165) is 11.8 Å². The minimum atomic E-state index is -0.310.